The summed E-state index contributed by atoms with van der Waals surface area (Å²) in [5.74, 6) is 0.0755. The molecular formula is C11H14N2O2S. The van der Waals surface area contributed by atoms with Gasteiger partial charge in [-0.3, -0.25) is 9.78 Å². The third kappa shape index (κ3) is 2.36. The van der Waals surface area contributed by atoms with Crippen LogP contribution in [0.25, 0.3) is 0 Å². The summed E-state index contributed by atoms with van der Waals surface area (Å²) in [6, 6.07) is 5.63. The molecule has 1 aliphatic rings. The Balaban J connectivity index is 2.07. The van der Waals surface area contributed by atoms with Gasteiger partial charge in [-0.15, -0.1) is 0 Å². The van der Waals surface area contributed by atoms with Crippen molar-refractivity contribution in [3.05, 3.63) is 30.1 Å². The first-order valence-corrected chi connectivity index (χ1v) is 6.23. The van der Waals surface area contributed by atoms with Crippen molar-refractivity contribution in [1.82, 2.24) is 4.98 Å². The Bertz CT molecular complexity index is 372. The average molecular weight is 238 g/mol. The van der Waals surface area contributed by atoms with Crippen molar-refractivity contribution in [2.45, 2.75) is 17.7 Å². The zero-order valence-electron chi connectivity index (χ0n) is 8.74. The molecule has 0 amide bonds. The van der Waals surface area contributed by atoms with Gasteiger partial charge in [-0.1, -0.05) is 6.07 Å². The number of carbonyl (C=O) groups is 1. The molecule has 0 saturated carbocycles. The van der Waals surface area contributed by atoms with Gasteiger partial charge in [0, 0.05) is 12.2 Å². The molecule has 1 saturated heterocycles. The number of carboxylic acids is 1. The van der Waals surface area contributed by atoms with E-state index in [1.807, 2.05) is 18.2 Å². The van der Waals surface area contributed by atoms with E-state index in [0.29, 0.717) is 0 Å². The van der Waals surface area contributed by atoms with E-state index in [-0.39, 0.29) is 23.6 Å². The molecule has 5 heteroatoms. The summed E-state index contributed by atoms with van der Waals surface area (Å²) >= 11 is 1.70. The molecule has 0 aromatic carbocycles. The Labute approximate surface area is 98.3 Å². The fourth-order valence-corrected chi connectivity index (χ4v) is 3.49. The zero-order valence-corrected chi connectivity index (χ0v) is 9.56. The summed E-state index contributed by atoms with van der Waals surface area (Å²) < 4.78 is 0. The maximum atomic E-state index is 10.7. The number of aliphatic carboxylic acids is 1. The fraction of sp³-hybridized carbons (Fsp3) is 0.455. The average Bonchev–Trinajstić information content (AvgIpc) is 2.61. The van der Waals surface area contributed by atoms with E-state index >= 15 is 0 Å². The van der Waals surface area contributed by atoms with Crippen molar-refractivity contribution in [1.29, 1.82) is 0 Å². The summed E-state index contributed by atoms with van der Waals surface area (Å²) in [6.07, 6.45) is 1.89. The third-order valence-corrected chi connectivity index (χ3v) is 4.34. The summed E-state index contributed by atoms with van der Waals surface area (Å²) in [4.78, 5) is 14.9. The minimum atomic E-state index is -0.775. The Morgan fingerprint density at radius 2 is 2.44 bits per heavy atom. The van der Waals surface area contributed by atoms with Gasteiger partial charge in [0.2, 0.25) is 0 Å². The Kier molecular flexibility index (Phi) is 3.46. The van der Waals surface area contributed by atoms with E-state index in [1.165, 1.54) is 0 Å². The molecule has 1 aromatic heterocycles. The van der Waals surface area contributed by atoms with Crippen molar-refractivity contribution >= 4 is 17.7 Å². The molecule has 1 aromatic rings. The number of hydrogen-bond acceptors (Lipinski definition) is 4. The van der Waals surface area contributed by atoms with Crippen LogP contribution in [-0.4, -0.2) is 27.9 Å². The second-order valence-corrected chi connectivity index (χ2v) is 5.12. The molecule has 3 atom stereocenters. The number of pyridine rings is 1. The number of rotatable bonds is 3. The van der Waals surface area contributed by atoms with E-state index in [1.54, 1.807) is 18.0 Å². The van der Waals surface area contributed by atoms with Crippen molar-refractivity contribution in [2.24, 2.45) is 11.7 Å². The lowest BCUT2D eigenvalue weighted by Crippen LogP contribution is -2.32. The van der Waals surface area contributed by atoms with Gasteiger partial charge in [0.25, 0.3) is 0 Å². The number of nitrogens with two attached hydrogens (primary N) is 1. The monoisotopic (exact) mass is 238 g/mol. The summed E-state index contributed by atoms with van der Waals surface area (Å²) in [5.41, 5.74) is 7.03. The maximum absolute atomic E-state index is 10.7. The van der Waals surface area contributed by atoms with E-state index in [9.17, 15) is 4.79 Å². The van der Waals surface area contributed by atoms with Crippen LogP contribution in [0.5, 0.6) is 0 Å². The molecule has 2 rings (SSSR count). The van der Waals surface area contributed by atoms with Gasteiger partial charge < -0.3 is 10.8 Å². The first-order chi connectivity index (χ1) is 7.68. The molecule has 3 N–H and O–H groups in total. The van der Waals surface area contributed by atoms with Gasteiger partial charge in [0.15, 0.2) is 0 Å². The van der Waals surface area contributed by atoms with Crippen molar-refractivity contribution < 1.29 is 9.90 Å². The van der Waals surface area contributed by atoms with Gasteiger partial charge in [0.1, 0.15) is 0 Å². The Morgan fingerprint density at radius 1 is 1.62 bits per heavy atom. The molecule has 0 aliphatic carbocycles. The molecule has 86 valence electrons. The van der Waals surface area contributed by atoms with Crippen LogP contribution in [0.2, 0.25) is 0 Å². The minimum absolute atomic E-state index is 0.0505. The van der Waals surface area contributed by atoms with Gasteiger partial charge in [-0.25, -0.2) is 0 Å². The molecule has 16 heavy (non-hydrogen) atoms. The number of carboxylic acid groups (broad SMARTS) is 1. The van der Waals surface area contributed by atoms with Crippen LogP contribution >= 0.6 is 11.8 Å². The number of hydrogen-bond donors (Lipinski definition) is 2. The predicted octanol–water partition coefficient (Wildman–Crippen LogP) is 1.29. The second kappa shape index (κ2) is 4.84. The predicted molar refractivity (Wildman–Crippen MR) is 63.2 cm³/mol. The second-order valence-electron chi connectivity index (χ2n) is 3.94. The maximum Gasteiger partial charge on any atom is 0.303 e. The van der Waals surface area contributed by atoms with Gasteiger partial charge in [0.05, 0.1) is 17.4 Å². The van der Waals surface area contributed by atoms with Crippen LogP contribution in [-0.2, 0) is 4.79 Å². The van der Waals surface area contributed by atoms with Crippen LogP contribution in [0.15, 0.2) is 24.4 Å². The lowest BCUT2D eigenvalue weighted by molar-refractivity contribution is -0.138. The molecule has 3 unspecified atom stereocenters. The molecule has 0 spiro atoms. The molecule has 0 radical (unpaired) electrons. The van der Waals surface area contributed by atoms with Crippen LogP contribution in [0, 0.1) is 5.92 Å². The van der Waals surface area contributed by atoms with Gasteiger partial charge in [-0.05, 0) is 23.8 Å². The highest BCUT2D eigenvalue weighted by molar-refractivity contribution is 7.99. The molecular weight excluding hydrogens is 224 g/mol. The quantitative estimate of drug-likeness (QED) is 0.829. The lowest BCUT2D eigenvalue weighted by atomic mass is 9.95. The number of aromatic nitrogens is 1. The van der Waals surface area contributed by atoms with Crippen LogP contribution in [0.4, 0.5) is 0 Å². The molecule has 1 aliphatic heterocycles. The summed E-state index contributed by atoms with van der Waals surface area (Å²) in [5, 5.41) is 8.90. The first kappa shape index (κ1) is 11.4. The zero-order chi connectivity index (χ0) is 11.5. The number of nitrogens with zero attached hydrogens (tertiary/aromatic N) is 1. The highest BCUT2D eigenvalue weighted by Crippen LogP contribution is 2.42. The first-order valence-electron chi connectivity index (χ1n) is 5.18. The fourth-order valence-electron chi connectivity index (χ4n) is 1.94. The van der Waals surface area contributed by atoms with Crippen LogP contribution < -0.4 is 5.73 Å². The van der Waals surface area contributed by atoms with Crippen molar-refractivity contribution in [2.75, 3.05) is 5.75 Å². The van der Waals surface area contributed by atoms with Crippen molar-refractivity contribution in [3.63, 3.8) is 0 Å². The topological polar surface area (TPSA) is 76.2 Å². The van der Waals surface area contributed by atoms with E-state index in [4.69, 9.17) is 10.8 Å². The van der Waals surface area contributed by atoms with Gasteiger partial charge in [-0.2, -0.15) is 11.8 Å². The van der Waals surface area contributed by atoms with E-state index in [0.717, 1.165) is 11.4 Å². The summed E-state index contributed by atoms with van der Waals surface area (Å²) in [7, 11) is 0. The normalized spacial score (nSPS) is 29.2. The van der Waals surface area contributed by atoms with Crippen LogP contribution in [0.3, 0.4) is 0 Å². The SMILES string of the molecule is NC1C(CC(=O)O)CSC1c1ccccn1. The molecule has 4 nitrogen and oxygen atoms in total. The molecule has 2 heterocycles. The Morgan fingerprint density at radius 3 is 3.06 bits per heavy atom. The van der Waals surface area contributed by atoms with Crippen molar-refractivity contribution in [3.8, 4) is 0 Å². The highest BCUT2D eigenvalue weighted by Gasteiger charge is 2.36. The Hall–Kier alpha value is -1.07. The van der Waals surface area contributed by atoms with Gasteiger partial charge >= 0.3 is 5.97 Å². The largest absolute Gasteiger partial charge is 0.481 e. The molecule has 1 fully saturated rings. The third-order valence-electron chi connectivity index (χ3n) is 2.80. The number of thioether (sulfide) groups is 1. The highest BCUT2D eigenvalue weighted by atomic mass is 32.2. The van der Waals surface area contributed by atoms with E-state index < -0.39 is 5.97 Å². The lowest BCUT2D eigenvalue weighted by Gasteiger charge is -2.17. The standard InChI is InChI=1S/C11H14N2O2S/c12-10-7(5-9(14)15)6-16-11(10)8-3-1-2-4-13-8/h1-4,7,10-11H,5-6,12H2,(H,14,15). The van der Waals surface area contributed by atoms with Crippen LogP contribution in [0.1, 0.15) is 17.4 Å². The smallest absolute Gasteiger partial charge is 0.303 e. The summed E-state index contributed by atoms with van der Waals surface area (Å²) in [6.45, 7) is 0. The van der Waals surface area contributed by atoms with E-state index in [2.05, 4.69) is 4.98 Å². The minimum Gasteiger partial charge on any atom is -0.481 e. The molecule has 0 bridgehead atoms.